The zero-order valence-electron chi connectivity index (χ0n) is 14.7. The summed E-state index contributed by atoms with van der Waals surface area (Å²) in [5, 5.41) is 2.82. The summed E-state index contributed by atoms with van der Waals surface area (Å²) >= 11 is 0. The van der Waals surface area contributed by atoms with Crippen molar-refractivity contribution in [3.63, 3.8) is 0 Å². The third kappa shape index (κ3) is 4.03. The highest BCUT2D eigenvalue weighted by molar-refractivity contribution is 7.73. The van der Waals surface area contributed by atoms with E-state index in [2.05, 4.69) is 84.9 Å². The highest BCUT2D eigenvalue weighted by atomic mass is 31.1. The molecule has 0 saturated heterocycles. The molecule has 1 aliphatic rings. The van der Waals surface area contributed by atoms with Crippen LogP contribution in [-0.4, -0.2) is 18.7 Å². The summed E-state index contributed by atoms with van der Waals surface area (Å²) in [6.45, 7) is 0.661. The van der Waals surface area contributed by atoms with Crippen LogP contribution in [0.3, 0.4) is 0 Å². The summed E-state index contributed by atoms with van der Waals surface area (Å²) < 4.78 is 5.90. The molecule has 0 aromatic heterocycles. The van der Waals surface area contributed by atoms with Crippen LogP contribution in [0.1, 0.15) is 18.0 Å². The van der Waals surface area contributed by atoms with Crippen LogP contribution in [0.4, 0.5) is 0 Å². The molecule has 0 saturated carbocycles. The van der Waals surface area contributed by atoms with Crippen LogP contribution in [0.15, 0.2) is 96.0 Å². The van der Waals surface area contributed by atoms with Crippen LogP contribution < -0.4 is 10.6 Å². The van der Waals surface area contributed by atoms with E-state index in [-0.39, 0.29) is 6.04 Å². The SMILES string of the molecule is c1ccc([C@H]2COC(CCP(c3ccccc3)c3ccccc3)=N2)cc1. The minimum atomic E-state index is -0.396. The quantitative estimate of drug-likeness (QED) is 0.586. The maximum atomic E-state index is 5.90. The largest absolute Gasteiger partial charge is 0.478 e. The maximum absolute atomic E-state index is 5.90. The van der Waals surface area contributed by atoms with Crippen molar-refractivity contribution >= 4 is 24.4 Å². The number of hydrogen-bond donors (Lipinski definition) is 0. The molecule has 1 aliphatic heterocycles. The van der Waals surface area contributed by atoms with Crippen molar-refractivity contribution in [2.24, 2.45) is 4.99 Å². The van der Waals surface area contributed by atoms with Gasteiger partial charge in [0, 0.05) is 6.42 Å². The lowest BCUT2D eigenvalue weighted by atomic mass is 10.1. The molecular weight excluding hydrogens is 337 g/mol. The average Bonchev–Trinajstić information content (AvgIpc) is 3.20. The average molecular weight is 359 g/mol. The third-order valence-electron chi connectivity index (χ3n) is 4.58. The van der Waals surface area contributed by atoms with E-state index >= 15 is 0 Å². The van der Waals surface area contributed by atoms with Crippen molar-refractivity contribution in [1.29, 1.82) is 0 Å². The van der Waals surface area contributed by atoms with Crippen molar-refractivity contribution in [1.82, 2.24) is 0 Å². The first-order valence-electron chi connectivity index (χ1n) is 9.02. The van der Waals surface area contributed by atoms with E-state index in [1.54, 1.807) is 0 Å². The molecule has 1 heterocycles. The molecule has 0 unspecified atom stereocenters. The summed E-state index contributed by atoms with van der Waals surface area (Å²) in [6.07, 6.45) is 1.95. The van der Waals surface area contributed by atoms with Crippen LogP contribution in [0.5, 0.6) is 0 Å². The van der Waals surface area contributed by atoms with Gasteiger partial charge in [0.05, 0.1) is 0 Å². The molecule has 0 aliphatic carbocycles. The van der Waals surface area contributed by atoms with Gasteiger partial charge in [-0.15, -0.1) is 0 Å². The van der Waals surface area contributed by atoms with Crippen LogP contribution >= 0.6 is 7.92 Å². The lowest BCUT2D eigenvalue weighted by Crippen LogP contribution is -2.15. The van der Waals surface area contributed by atoms with Gasteiger partial charge in [-0.05, 0) is 30.3 Å². The molecule has 0 spiro atoms. The highest BCUT2D eigenvalue weighted by Crippen LogP contribution is 2.35. The van der Waals surface area contributed by atoms with Crippen molar-refractivity contribution < 1.29 is 4.74 Å². The Balaban J connectivity index is 1.49. The normalized spacial score (nSPS) is 16.3. The minimum Gasteiger partial charge on any atom is -0.478 e. The predicted molar refractivity (Wildman–Crippen MR) is 111 cm³/mol. The first-order valence-corrected chi connectivity index (χ1v) is 10.5. The smallest absolute Gasteiger partial charge is 0.184 e. The monoisotopic (exact) mass is 359 g/mol. The third-order valence-corrected chi connectivity index (χ3v) is 7.09. The molecule has 0 bridgehead atoms. The number of aliphatic imine (C=N–C) groups is 1. The number of rotatable bonds is 6. The van der Waals surface area contributed by atoms with Crippen molar-refractivity contribution in [3.05, 3.63) is 96.6 Å². The van der Waals surface area contributed by atoms with Gasteiger partial charge < -0.3 is 4.74 Å². The van der Waals surface area contributed by atoms with Crippen molar-refractivity contribution in [2.75, 3.05) is 12.8 Å². The molecule has 2 nitrogen and oxygen atoms in total. The lowest BCUT2D eigenvalue weighted by molar-refractivity contribution is 0.313. The van der Waals surface area contributed by atoms with Crippen LogP contribution in [-0.2, 0) is 4.74 Å². The Morgan fingerprint density at radius 3 is 1.88 bits per heavy atom. The summed E-state index contributed by atoms with van der Waals surface area (Å²) in [5.74, 6) is 0.901. The fraction of sp³-hybridized carbons (Fsp3) is 0.174. The van der Waals surface area contributed by atoms with E-state index < -0.39 is 7.92 Å². The minimum absolute atomic E-state index is 0.144. The van der Waals surface area contributed by atoms with Gasteiger partial charge in [0.15, 0.2) is 5.90 Å². The summed E-state index contributed by atoms with van der Waals surface area (Å²) in [7, 11) is -0.396. The standard InChI is InChI=1S/C23H22NOP/c1-4-10-19(11-5-1)22-18-25-23(24-22)16-17-26(20-12-6-2-7-13-20)21-14-8-3-9-15-21/h1-15,22H,16-18H2/t22-/m1/s1. The van der Waals surface area contributed by atoms with E-state index in [9.17, 15) is 0 Å². The summed E-state index contributed by atoms with van der Waals surface area (Å²) in [4.78, 5) is 4.82. The molecule has 0 N–H and O–H groups in total. The second kappa shape index (κ2) is 8.29. The number of nitrogens with zero attached hydrogens (tertiary/aromatic N) is 1. The Morgan fingerprint density at radius 2 is 1.31 bits per heavy atom. The first kappa shape index (κ1) is 17.0. The fourth-order valence-corrected chi connectivity index (χ4v) is 5.53. The first-order chi connectivity index (χ1) is 12.9. The van der Waals surface area contributed by atoms with E-state index in [4.69, 9.17) is 9.73 Å². The van der Waals surface area contributed by atoms with Crippen LogP contribution in [0, 0.1) is 0 Å². The van der Waals surface area contributed by atoms with Gasteiger partial charge in [-0.3, -0.25) is 0 Å². The molecule has 3 heteroatoms. The molecule has 3 aromatic carbocycles. The van der Waals surface area contributed by atoms with Crippen LogP contribution in [0.25, 0.3) is 0 Å². The Morgan fingerprint density at radius 1 is 0.769 bits per heavy atom. The molecule has 1 atom stereocenters. The maximum Gasteiger partial charge on any atom is 0.184 e. The zero-order chi connectivity index (χ0) is 17.6. The molecule has 4 rings (SSSR count). The Labute approximate surface area is 156 Å². The van der Waals surface area contributed by atoms with E-state index in [1.807, 2.05) is 6.07 Å². The van der Waals surface area contributed by atoms with Gasteiger partial charge in [0.25, 0.3) is 0 Å². The molecule has 26 heavy (non-hydrogen) atoms. The van der Waals surface area contributed by atoms with Crippen molar-refractivity contribution in [2.45, 2.75) is 12.5 Å². The number of hydrogen-bond acceptors (Lipinski definition) is 2. The van der Waals surface area contributed by atoms with E-state index in [0.717, 1.165) is 18.5 Å². The molecule has 0 radical (unpaired) electrons. The topological polar surface area (TPSA) is 21.6 Å². The predicted octanol–water partition coefficient (Wildman–Crippen LogP) is 4.68. The Bertz CT molecular complexity index is 810. The number of ether oxygens (including phenoxy) is 1. The molecule has 130 valence electrons. The Hall–Kier alpha value is -2.44. The van der Waals surface area contributed by atoms with E-state index in [0.29, 0.717) is 6.61 Å². The second-order valence-corrected chi connectivity index (χ2v) is 8.67. The van der Waals surface area contributed by atoms with Gasteiger partial charge in [0.1, 0.15) is 12.6 Å². The fourth-order valence-electron chi connectivity index (χ4n) is 3.24. The number of benzene rings is 3. The second-order valence-electron chi connectivity index (χ2n) is 6.33. The van der Waals surface area contributed by atoms with Crippen LogP contribution in [0.2, 0.25) is 0 Å². The van der Waals surface area contributed by atoms with Gasteiger partial charge in [-0.2, -0.15) is 0 Å². The molecular formula is C23H22NOP. The zero-order valence-corrected chi connectivity index (χ0v) is 15.6. The van der Waals surface area contributed by atoms with Gasteiger partial charge in [-0.1, -0.05) is 91.0 Å². The molecule has 0 amide bonds. The van der Waals surface area contributed by atoms with Gasteiger partial charge in [-0.25, -0.2) is 4.99 Å². The van der Waals surface area contributed by atoms with Crippen molar-refractivity contribution in [3.8, 4) is 0 Å². The lowest BCUT2D eigenvalue weighted by Gasteiger charge is -2.18. The molecule has 0 fully saturated rings. The molecule has 3 aromatic rings. The highest BCUT2D eigenvalue weighted by Gasteiger charge is 2.22. The van der Waals surface area contributed by atoms with Gasteiger partial charge >= 0.3 is 0 Å². The van der Waals surface area contributed by atoms with Gasteiger partial charge in [0.2, 0.25) is 0 Å². The Kier molecular flexibility index (Phi) is 5.42. The summed E-state index contributed by atoms with van der Waals surface area (Å²) in [5.41, 5.74) is 1.23. The van der Waals surface area contributed by atoms with E-state index in [1.165, 1.54) is 16.2 Å². The summed E-state index contributed by atoms with van der Waals surface area (Å²) in [6, 6.07) is 32.2.